The van der Waals surface area contributed by atoms with Crippen LogP contribution in [0.15, 0.2) is 83.3 Å². The number of hydrogen-bond donors (Lipinski definition) is 1. The van der Waals surface area contributed by atoms with E-state index < -0.39 is 0 Å². The maximum absolute atomic E-state index is 12.5. The van der Waals surface area contributed by atoms with Crippen LogP contribution in [0.3, 0.4) is 0 Å². The van der Waals surface area contributed by atoms with Gasteiger partial charge in [-0.3, -0.25) is 14.3 Å². The number of thioether (sulfide) groups is 1. The van der Waals surface area contributed by atoms with Gasteiger partial charge in [-0.1, -0.05) is 23.9 Å². The molecule has 2 heterocycles. The number of ether oxygens (including phenoxy) is 1. The number of hydrazone groups is 1. The summed E-state index contributed by atoms with van der Waals surface area (Å²) in [6.45, 7) is 2.53. The average molecular weight is 502 g/mol. The van der Waals surface area contributed by atoms with Gasteiger partial charge in [0.05, 0.1) is 18.6 Å². The van der Waals surface area contributed by atoms with Gasteiger partial charge in [0, 0.05) is 43.4 Å². The van der Waals surface area contributed by atoms with Crippen LogP contribution in [0.2, 0.25) is 0 Å². The minimum Gasteiger partial charge on any atom is -0.494 e. The van der Waals surface area contributed by atoms with Crippen LogP contribution in [0.1, 0.15) is 12.5 Å². The zero-order valence-electron chi connectivity index (χ0n) is 20.3. The highest BCUT2D eigenvalue weighted by molar-refractivity contribution is 7.99. The Balaban J connectivity index is 1.46. The first-order valence-electron chi connectivity index (χ1n) is 11.4. The Morgan fingerprint density at radius 1 is 1.11 bits per heavy atom. The van der Waals surface area contributed by atoms with Crippen molar-refractivity contribution < 1.29 is 9.53 Å². The van der Waals surface area contributed by atoms with Crippen molar-refractivity contribution >= 4 is 29.6 Å². The Kier molecular flexibility index (Phi) is 8.30. The highest BCUT2D eigenvalue weighted by Gasteiger charge is 2.17. The molecule has 10 heteroatoms. The van der Waals surface area contributed by atoms with Crippen LogP contribution in [0, 0.1) is 0 Å². The van der Waals surface area contributed by atoms with Crippen molar-refractivity contribution in [2.24, 2.45) is 5.10 Å². The molecule has 0 aliphatic heterocycles. The Labute approximate surface area is 214 Å². The van der Waals surface area contributed by atoms with E-state index in [0.29, 0.717) is 17.6 Å². The monoisotopic (exact) mass is 501 g/mol. The number of nitrogens with one attached hydrogen (secondary N) is 1. The molecule has 0 atom stereocenters. The van der Waals surface area contributed by atoms with Gasteiger partial charge in [0.2, 0.25) is 0 Å². The number of pyridine rings is 1. The van der Waals surface area contributed by atoms with Crippen LogP contribution in [0.5, 0.6) is 5.75 Å². The van der Waals surface area contributed by atoms with Crippen LogP contribution in [0.25, 0.3) is 17.1 Å². The number of nitrogens with zero attached hydrogens (tertiary/aromatic N) is 6. The molecular formula is C26H27N7O2S. The van der Waals surface area contributed by atoms with Crippen molar-refractivity contribution in [3.8, 4) is 22.8 Å². The highest BCUT2D eigenvalue weighted by Crippen LogP contribution is 2.28. The molecule has 0 unspecified atom stereocenters. The van der Waals surface area contributed by atoms with Crippen molar-refractivity contribution in [2.45, 2.75) is 12.1 Å². The molecule has 36 heavy (non-hydrogen) atoms. The summed E-state index contributed by atoms with van der Waals surface area (Å²) < 4.78 is 7.47. The van der Waals surface area contributed by atoms with Crippen LogP contribution in [-0.4, -0.2) is 58.3 Å². The van der Waals surface area contributed by atoms with Crippen LogP contribution >= 0.6 is 11.8 Å². The molecule has 1 N–H and O–H groups in total. The minimum atomic E-state index is -0.245. The van der Waals surface area contributed by atoms with Crippen molar-refractivity contribution in [1.82, 2.24) is 25.2 Å². The van der Waals surface area contributed by atoms with Crippen LogP contribution in [0.4, 0.5) is 5.69 Å². The van der Waals surface area contributed by atoms with Gasteiger partial charge in [-0.25, -0.2) is 5.43 Å². The lowest BCUT2D eigenvalue weighted by Gasteiger charge is -2.11. The van der Waals surface area contributed by atoms with E-state index in [1.165, 1.54) is 11.8 Å². The highest BCUT2D eigenvalue weighted by atomic mass is 32.2. The van der Waals surface area contributed by atoms with Gasteiger partial charge >= 0.3 is 0 Å². The third-order valence-electron chi connectivity index (χ3n) is 5.10. The lowest BCUT2D eigenvalue weighted by atomic mass is 10.2. The first-order chi connectivity index (χ1) is 17.5. The number of rotatable bonds is 10. The third kappa shape index (κ3) is 6.28. The summed E-state index contributed by atoms with van der Waals surface area (Å²) in [5.41, 5.74) is 6.23. The van der Waals surface area contributed by atoms with Crippen molar-refractivity contribution in [2.75, 3.05) is 31.4 Å². The molecule has 2 aromatic carbocycles. The summed E-state index contributed by atoms with van der Waals surface area (Å²) in [5, 5.41) is 13.4. The molecule has 4 rings (SSSR count). The largest absolute Gasteiger partial charge is 0.494 e. The molecule has 9 nitrogen and oxygen atoms in total. The van der Waals surface area contributed by atoms with E-state index in [1.807, 2.05) is 91.1 Å². The lowest BCUT2D eigenvalue weighted by molar-refractivity contribution is -0.118. The first-order valence-corrected chi connectivity index (χ1v) is 12.3. The normalized spacial score (nSPS) is 11.0. The second kappa shape index (κ2) is 12.0. The van der Waals surface area contributed by atoms with E-state index in [9.17, 15) is 4.79 Å². The predicted molar refractivity (Wildman–Crippen MR) is 143 cm³/mol. The predicted octanol–water partition coefficient (Wildman–Crippen LogP) is 4.04. The van der Waals surface area contributed by atoms with E-state index in [2.05, 4.69) is 25.7 Å². The zero-order valence-corrected chi connectivity index (χ0v) is 21.1. The van der Waals surface area contributed by atoms with E-state index in [-0.39, 0.29) is 11.7 Å². The van der Waals surface area contributed by atoms with E-state index in [1.54, 1.807) is 18.6 Å². The van der Waals surface area contributed by atoms with Gasteiger partial charge in [0.15, 0.2) is 11.0 Å². The summed E-state index contributed by atoms with van der Waals surface area (Å²) in [7, 11) is 3.97. The zero-order chi connectivity index (χ0) is 25.3. The molecule has 0 bridgehead atoms. The minimum absolute atomic E-state index is 0.124. The number of aromatic nitrogens is 4. The lowest BCUT2D eigenvalue weighted by Crippen LogP contribution is -2.20. The number of benzene rings is 2. The standard InChI is InChI=1S/C26H27N7O2S/c1-4-35-23-13-11-22(12-14-23)33-25(20-6-5-15-27-17-20)30-31-26(33)36-18-24(34)29-28-16-19-7-9-21(10-8-19)32(2)3/h5-17H,4,18H2,1-3H3,(H,29,34)/b28-16-. The molecule has 0 saturated carbocycles. The molecule has 0 saturated heterocycles. The molecule has 0 radical (unpaired) electrons. The topological polar surface area (TPSA) is 97.5 Å². The molecular weight excluding hydrogens is 474 g/mol. The second-order valence-corrected chi connectivity index (χ2v) is 8.82. The van der Waals surface area contributed by atoms with Gasteiger partial charge in [-0.2, -0.15) is 5.10 Å². The Hall–Kier alpha value is -4.18. The van der Waals surface area contributed by atoms with E-state index >= 15 is 0 Å². The molecule has 0 aliphatic rings. The van der Waals surface area contributed by atoms with E-state index in [4.69, 9.17) is 4.74 Å². The summed E-state index contributed by atoms with van der Waals surface area (Å²) >= 11 is 1.28. The van der Waals surface area contributed by atoms with Crippen LogP contribution in [-0.2, 0) is 4.79 Å². The van der Waals surface area contributed by atoms with Gasteiger partial charge in [0.1, 0.15) is 5.75 Å². The summed E-state index contributed by atoms with van der Waals surface area (Å²) in [6, 6.07) is 19.3. The molecule has 0 aliphatic carbocycles. The summed E-state index contributed by atoms with van der Waals surface area (Å²) in [5.74, 6) is 1.29. The second-order valence-electron chi connectivity index (χ2n) is 7.88. The maximum Gasteiger partial charge on any atom is 0.250 e. The van der Waals surface area contributed by atoms with Crippen LogP contribution < -0.4 is 15.1 Å². The molecule has 4 aromatic rings. The molecule has 1 amide bonds. The fraction of sp³-hybridized carbons (Fsp3) is 0.192. The number of hydrogen-bond acceptors (Lipinski definition) is 8. The molecule has 0 fully saturated rings. The van der Waals surface area contributed by atoms with Gasteiger partial charge < -0.3 is 9.64 Å². The number of carbonyl (C=O) groups excluding carboxylic acids is 1. The number of anilines is 1. The number of carbonyl (C=O) groups is 1. The summed E-state index contributed by atoms with van der Waals surface area (Å²) in [6.07, 6.45) is 5.05. The van der Waals surface area contributed by atoms with Crippen molar-refractivity contribution in [3.05, 3.63) is 78.6 Å². The first kappa shape index (κ1) is 24.9. The van der Waals surface area contributed by atoms with Crippen molar-refractivity contribution in [3.63, 3.8) is 0 Å². The summed E-state index contributed by atoms with van der Waals surface area (Å²) in [4.78, 5) is 18.7. The molecule has 2 aromatic heterocycles. The Morgan fingerprint density at radius 2 is 1.89 bits per heavy atom. The van der Waals surface area contributed by atoms with Gasteiger partial charge in [-0.15, -0.1) is 10.2 Å². The quantitative estimate of drug-likeness (QED) is 0.199. The molecule has 0 spiro atoms. The van der Waals surface area contributed by atoms with Gasteiger partial charge in [-0.05, 0) is 61.0 Å². The Morgan fingerprint density at radius 3 is 2.56 bits per heavy atom. The van der Waals surface area contributed by atoms with E-state index in [0.717, 1.165) is 28.3 Å². The maximum atomic E-state index is 12.5. The van der Waals surface area contributed by atoms with Gasteiger partial charge in [0.25, 0.3) is 5.91 Å². The SMILES string of the molecule is CCOc1ccc(-n2c(SCC(=O)N/N=C\c3ccc(N(C)C)cc3)nnc2-c2cccnc2)cc1. The Bertz CT molecular complexity index is 1300. The number of amides is 1. The average Bonchev–Trinajstić information content (AvgIpc) is 3.33. The fourth-order valence-electron chi connectivity index (χ4n) is 3.34. The fourth-order valence-corrected chi connectivity index (χ4v) is 4.08. The van der Waals surface area contributed by atoms with Crippen molar-refractivity contribution in [1.29, 1.82) is 0 Å². The third-order valence-corrected chi connectivity index (χ3v) is 6.03. The smallest absolute Gasteiger partial charge is 0.250 e. The molecule has 184 valence electrons.